The molecule has 0 aromatic heterocycles. The molecular formula is C29H37N3O. The lowest BCUT2D eigenvalue weighted by atomic mass is 10.1. The van der Waals surface area contributed by atoms with Crippen molar-refractivity contribution in [3.8, 4) is 5.75 Å². The van der Waals surface area contributed by atoms with Gasteiger partial charge in [-0.15, -0.1) is 0 Å². The molecule has 0 amide bonds. The van der Waals surface area contributed by atoms with Crippen LogP contribution in [0.4, 0.5) is 17.1 Å². The molecule has 1 N–H and O–H groups in total. The van der Waals surface area contributed by atoms with Gasteiger partial charge in [-0.25, -0.2) is 0 Å². The van der Waals surface area contributed by atoms with Crippen LogP contribution in [0.25, 0.3) is 0 Å². The molecule has 1 saturated heterocycles. The Morgan fingerprint density at radius 2 is 1.73 bits per heavy atom. The van der Waals surface area contributed by atoms with Crippen LogP contribution in [0.15, 0.2) is 72.8 Å². The van der Waals surface area contributed by atoms with Crippen LogP contribution in [0, 0.1) is 0 Å². The number of rotatable bonds is 6. The van der Waals surface area contributed by atoms with Crippen molar-refractivity contribution in [2.24, 2.45) is 0 Å². The summed E-state index contributed by atoms with van der Waals surface area (Å²) in [5.74, 6) is 0.979. The lowest BCUT2D eigenvalue weighted by molar-refractivity contribution is 0.261. The second-order valence-electron chi connectivity index (χ2n) is 8.53. The van der Waals surface area contributed by atoms with E-state index in [9.17, 15) is 0 Å². The Labute approximate surface area is 199 Å². The molecule has 3 aromatic rings. The van der Waals surface area contributed by atoms with Gasteiger partial charge >= 0.3 is 0 Å². The maximum Gasteiger partial charge on any atom is 0.143 e. The number of nitrogens with zero attached hydrogens (tertiary/aromatic N) is 2. The highest BCUT2D eigenvalue weighted by Gasteiger charge is 2.29. The highest BCUT2D eigenvalue weighted by molar-refractivity contribution is 5.72. The molecule has 0 unspecified atom stereocenters. The molecule has 2 heterocycles. The molecule has 4 nitrogen and oxygen atoms in total. The van der Waals surface area contributed by atoms with Crippen molar-refractivity contribution >= 4 is 17.1 Å². The summed E-state index contributed by atoms with van der Waals surface area (Å²) in [5, 5.41) is 3.25. The first-order valence-corrected chi connectivity index (χ1v) is 12.4. The summed E-state index contributed by atoms with van der Waals surface area (Å²) in [6, 6.07) is 26.5. The predicted octanol–water partition coefficient (Wildman–Crippen LogP) is 6.49. The smallest absolute Gasteiger partial charge is 0.143 e. The molecule has 174 valence electrons. The molecule has 33 heavy (non-hydrogen) atoms. The van der Waals surface area contributed by atoms with Gasteiger partial charge in [0.2, 0.25) is 0 Å². The molecule has 0 spiro atoms. The van der Waals surface area contributed by atoms with Gasteiger partial charge in [-0.1, -0.05) is 56.3 Å². The third-order valence-corrected chi connectivity index (χ3v) is 6.62. The summed E-state index contributed by atoms with van der Waals surface area (Å²) in [4.78, 5) is 5.17. The van der Waals surface area contributed by atoms with E-state index in [-0.39, 0.29) is 0 Å². The van der Waals surface area contributed by atoms with Gasteiger partial charge in [0, 0.05) is 43.1 Å². The highest BCUT2D eigenvalue weighted by atomic mass is 16.5. The Kier molecular flexibility index (Phi) is 7.90. The van der Waals surface area contributed by atoms with Gasteiger partial charge in [-0.3, -0.25) is 4.90 Å². The summed E-state index contributed by atoms with van der Waals surface area (Å²) in [7, 11) is 1.98. The molecule has 0 aliphatic carbocycles. The summed E-state index contributed by atoms with van der Waals surface area (Å²) >= 11 is 0. The summed E-state index contributed by atoms with van der Waals surface area (Å²) < 4.78 is 6.16. The Bertz CT molecular complexity index is 987. The van der Waals surface area contributed by atoms with Crippen LogP contribution in [0.5, 0.6) is 5.75 Å². The van der Waals surface area contributed by atoms with Gasteiger partial charge in [0.25, 0.3) is 0 Å². The third-order valence-electron chi connectivity index (χ3n) is 6.62. The van der Waals surface area contributed by atoms with Crippen molar-refractivity contribution in [1.82, 2.24) is 4.90 Å². The maximum atomic E-state index is 6.16. The van der Waals surface area contributed by atoms with E-state index in [0.29, 0.717) is 12.6 Å². The fourth-order valence-electron chi connectivity index (χ4n) is 4.94. The number of anilines is 3. The fraction of sp³-hybridized carbons (Fsp3) is 0.379. The molecule has 1 fully saturated rings. The third kappa shape index (κ3) is 5.33. The van der Waals surface area contributed by atoms with Crippen LogP contribution in [0.3, 0.4) is 0 Å². The first-order chi connectivity index (χ1) is 16.3. The van der Waals surface area contributed by atoms with Crippen LogP contribution >= 0.6 is 0 Å². The van der Waals surface area contributed by atoms with Crippen molar-refractivity contribution in [2.45, 2.75) is 45.8 Å². The van der Waals surface area contributed by atoms with Crippen LogP contribution < -0.4 is 15.0 Å². The van der Waals surface area contributed by atoms with Crippen molar-refractivity contribution < 1.29 is 4.74 Å². The van der Waals surface area contributed by atoms with E-state index in [0.717, 1.165) is 25.3 Å². The minimum atomic E-state index is 0.548. The molecule has 0 radical (unpaired) electrons. The van der Waals surface area contributed by atoms with Crippen LogP contribution in [0.1, 0.15) is 37.8 Å². The minimum absolute atomic E-state index is 0.548. The van der Waals surface area contributed by atoms with Crippen molar-refractivity contribution in [2.75, 3.05) is 36.9 Å². The van der Waals surface area contributed by atoms with E-state index in [1.54, 1.807) is 0 Å². The molecule has 2 aliphatic heterocycles. The molecule has 0 saturated carbocycles. The van der Waals surface area contributed by atoms with Gasteiger partial charge in [0.1, 0.15) is 12.4 Å². The number of likely N-dealkylation sites (tertiary alicyclic amines) is 1. The van der Waals surface area contributed by atoms with E-state index in [1.165, 1.54) is 47.6 Å². The molecule has 2 aliphatic rings. The SMILES string of the molecule is CC.CNc1cccc(CCN2CCC[C@@H]2CN2c3ccccc3COc3ccccc32)c1. The van der Waals surface area contributed by atoms with Crippen molar-refractivity contribution in [3.05, 3.63) is 83.9 Å². The second-order valence-corrected chi connectivity index (χ2v) is 8.53. The van der Waals surface area contributed by atoms with Crippen molar-refractivity contribution in [1.29, 1.82) is 0 Å². The lowest BCUT2D eigenvalue weighted by Crippen LogP contribution is -2.39. The molecule has 0 bridgehead atoms. The number of benzene rings is 3. The summed E-state index contributed by atoms with van der Waals surface area (Å²) in [6.45, 7) is 7.91. The van der Waals surface area contributed by atoms with Gasteiger partial charge in [-0.2, -0.15) is 0 Å². The zero-order valence-corrected chi connectivity index (χ0v) is 20.3. The molecule has 1 atom stereocenters. The zero-order valence-electron chi connectivity index (χ0n) is 20.3. The summed E-state index contributed by atoms with van der Waals surface area (Å²) in [6.07, 6.45) is 3.61. The highest BCUT2D eigenvalue weighted by Crippen LogP contribution is 2.40. The molecular weight excluding hydrogens is 406 g/mol. The average Bonchev–Trinajstić information content (AvgIpc) is 3.27. The monoisotopic (exact) mass is 443 g/mol. The number of nitrogens with one attached hydrogen (secondary N) is 1. The number of ether oxygens (including phenoxy) is 1. The molecule has 4 heteroatoms. The first-order valence-electron chi connectivity index (χ1n) is 12.4. The van der Waals surface area contributed by atoms with Gasteiger partial charge < -0.3 is 15.0 Å². The number of hydrogen-bond acceptors (Lipinski definition) is 4. The molecule has 5 rings (SSSR count). The predicted molar refractivity (Wildman–Crippen MR) is 140 cm³/mol. The van der Waals surface area contributed by atoms with Crippen LogP contribution in [0.2, 0.25) is 0 Å². The topological polar surface area (TPSA) is 27.7 Å². The summed E-state index contributed by atoms with van der Waals surface area (Å²) in [5.41, 5.74) is 6.30. The van der Waals surface area contributed by atoms with Crippen LogP contribution in [-0.2, 0) is 13.0 Å². The largest absolute Gasteiger partial charge is 0.487 e. The van der Waals surface area contributed by atoms with Crippen molar-refractivity contribution in [3.63, 3.8) is 0 Å². The maximum absolute atomic E-state index is 6.16. The number of para-hydroxylation sites is 3. The van der Waals surface area contributed by atoms with Crippen LogP contribution in [-0.4, -0.2) is 37.6 Å². The van der Waals surface area contributed by atoms with Gasteiger partial charge in [0.05, 0.1) is 5.69 Å². The minimum Gasteiger partial charge on any atom is -0.487 e. The Morgan fingerprint density at radius 3 is 2.58 bits per heavy atom. The van der Waals surface area contributed by atoms with E-state index in [2.05, 4.69) is 87.9 Å². The van der Waals surface area contributed by atoms with E-state index in [4.69, 9.17) is 4.74 Å². The Balaban J connectivity index is 0.00000126. The second kappa shape index (κ2) is 11.2. The Morgan fingerprint density at radius 1 is 0.939 bits per heavy atom. The number of fused-ring (bicyclic) bond motifs is 2. The number of hydrogen-bond donors (Lipinski definition) is 1. The first kappa shape index (κ1) is 23.2. The zero-order chi connectivity index (χ0) is 23.0. The van der Waals surface area contributed by atoms with Gasteiger partial charge in [-0.05, 0) is 61.7 Å². The fourth-order valence-corrected chi connectivity index (χ4v) is 4.94. The Hall–Kier alpha value is -2.98. The normalized spacial score (nSPS) is 17.2. The van der Waals surface area contributed by atoms with Gasteiger partial charge in [0.15, 0.2) is 0 Å². The van der Waals surface area contributed by atoms with E-state index >= 15 is 0 Å². The van der Waals surface area contributed by atoms with E-state index < -0.39 is 0 Å². The van der Waals surface area contributed by atoms with E-state index in [1.807, 2.05) is 20.9 Å². The molecule has 3 aromatic carbocycles. The lowest BCUT2D eigenvalue weighted by Gasteiger charge is -2.32. The quantitative estimate of drug-likeness (QED) is 0.471. The average molecular weight is 444 g/mol. The standard InChI is InChI=1S/C27H31N3O.C2H6/c1-28-23-10-6-8-21(18-23)15-17-29-16-7-11-24(29)19-30-25-12-3-2-9-22(25)20-31-27-14-5-4-13-26(27)30;1-2/h2-6,8-10,12-14,18,24,28H,7,11,15-17,19-20H2,1H3;1-2H3/t24-;/m1./s1.